The number of methoxy groups -OCH3 is 1. The fourth-order valence-electron chi connectivity index (χ4n) is 4.82. The molecule has 2 atom stereocenters. The van der Waals surface area contributed by atoms with Gasteiger partial charge in [-0.3, -0.25) is 4.79 Å². The van der Waals surface area contributed by atoms with Gasteiger partial charge in [0.05, 0.1) is 18.8 Å². The van der Waals surface area contributed by atoms with Crippen LogP contribution < -0.4 is 14.8 Å². The second-order valence-corrected chi connectivity index (χ2v) is 9.09. The van der Waals surface area contributed by atoms with Crippen LogP contribution in [-0.4, -0.2) is 25.2 Å². The summed E-state index contributed by atoms with van der Waals surface area (Å²) in [5, 5.41) is 12.4. The van der Waals surface area contributed by atoms with Crippen LogP contribution in [0.5, 0.6) is 11.5 Å². The number of benzene rings is 1. The van der Waals surface area contributed by atoms with E-state index in [9.17, 15) is 4.79 Å². The maximum Gasteiger partial charge on any atom is 0.223 e. The van der Waals surface area contributed by atoms with E-state index in [1.54, 1.807) is 19.2 Å². The third kappa shape index (κ3) is 6.39. The molecule has 5 nitrogen and oxygen atoms in total. The predicted octanol–water partition coefficient (Wildman–Crippen LogP) is 5.37. The van der Waals surface area contributed by atoms with Crippen LogP contribution >= 0.6 is 0 Å². The number of nitrogens with zero attached hydrogens (tertiary/aromatic N) is 1. The smallest absolute Gasteiger partial charge is 0.223 e. The summed E-state index contributed by atoms with van der Waals surface area (Å²) in [6.07, 6.45) is 12.1. The van der Waals surface area contributed by atoms with Crippen LogP contribution in [0.3, 0.4) is 0 Å². The minimum atomic E-state index is 0.141. The zero-order valence-electron chi connectivity index (χ0n) is 18.5. The first kappa shape index (κ1) is 22.5. The summed E-state index contributed by atoms with van der Waals surface area (Å²) in [5.74, 6) is 2.54. The van der Waals surface area contributed by atoms with E-state index in [0.29, 0.717) is 11.3 Å². The van der Waals surface area contributed by atoms with E-state index in [0.717, 1.165) is 50.2 Å². The van der Waals surface area contributed by atoms with Crippen molar-refractivity contribution in [2.45, 2.75) is 89.7 Å². The molecule has 0 bridgehead atoms. The van der Waals surface area contributed by atoms with E-state index < -0.39 is 0 Å². The Bertz CT molecular complexity index is 734. The summed E-state index contributed by atoms with van der Waals surface area (Å²) in [6, 6.07) is 7.73. The van der Waals surface area contributed by atoms with Gasteiger partial charge in [-0.15, -0.1) is 0 Å². The van der Waals surface area contributed by atoms with E-state index in [2.05, 4.69) is 18.3 Å². The number of carbonyl (C=O) groups excluding carboxylic acids is 1. The minimum Gasteiger partial charge on any atom is -0.495 e. The van der Waals surface area contributed by atoms with Gasteiger partial charge in [-0.25, -0.2) is 0 Å². The third-order valence-corrected chi connectivity index (χ3v) is 6.74. The fraction of sp³-hybridized carbons (Fsp3) is 0.680. The van der Waals surface area contributed by atoms with Gasteiger partial charge in [-0.05, 0) is 56.6 Å². The minimum absolute atomic E-state index is 0.141. The zero-order chi connectivity index (χ0) is 21.3. The molecule has 0 radical (unpaired) electrons. The van der Waals surface area contributed by atoms with Crippen molar-refractivity contribution >= 4 is 5.91 Å². The molecular weight excluding hydrogens is 376 g/mol. The molecule has 2 saturated carbocycles. The Hall–Kier alpha value is -2.22. The summed E-state index contributed by atoms with van der Waals surface area (Å²) in [7, 11) is 1.56. The lowest BCUT2D eigenvalue weighted by atomic mass is 9.91. The van der Waals surface area contributed by atoms with Crippen LogP contribution in [0.4, 0.5) is 0 Å². The first-order chi connectivity index (χ1) is 14.6. The largest absolute Gasteiger partial charge is 0.495 e. The van der Waals surface area contributed by atoms with Gasteiger partial charge < -0.3 is 14.8 Å². The Kier molecular flexibility index (Phi) is 8.42. The van der Waals surface area contributed by atoms with Crippen LogP contribution in [0.25, 0.3) is 0 Å². The number of hydrogen-bond acceptors (Lipinski definition) is 4. The molecule has 1 N–H and O–H groups in total. The second kappa shape index (κ2) is 11.2. The number of amides is 1. The van der Waals surface area contributed by atoms with Crippen molar-refractivity contribution in [2.24, 2.45) is 11.8 Å². The highest BCUT2D eigenvalue weighted by atomic mass is 16.5. The van der Waals surface area contributed by atoms with Gasteiger partial charge in [0.25, 0.3) is 0 Å². The molecule has 2 unspecified atom stereocenters. The Balaban J connectivity index is 1.45. The van der Waals surface area contributed by atoms with Gasteiger partial charge in [-0.2, -0.15) is 5.26 Å². The molecule has 1 aromatic rings. The normalized spacial score (nSPS) is 27.6. The van der Waals surface area contributed by atoms with E-state index in [1.165, 1.54) is 32.1 Å². The van der Waals surface area contributed by atoms with E-state index in [4.69, 9.17) is 14.7 Å². The van der Waals surface area contributed by atoms with Gasteiger partial charge in [0.2, 0.25) is 5.91 Å². The van der Waals surface area contributed by atoms with Crippen molar-refractivity contribution in [3.05, 3.63) is 23.8 Å². The third-order valence-electron chi connectivity index (χ3n) is 6.74. The Morgan fingerprint density at radius 2 is 1.73 bits per heavy atom. The lowest BCUT2D eigenvalue weighted by molar-refractivity contribution is -0.126. The van der Waals surface area contributed by atoms with Crippen LogP contribution in [0, 0.1) is 23.2 Å². The van der Waals surface area contributed by atoms with Crippen LogP contribution in [0.2, 0.25) is 0 Å². The van der Waals surface area contributed by atoms with Crippen molar-refractivity contribution in [1.29, 1.82) is 5.26 Å². The first-order valence-corrected chi connectivity index (χ1v) is 11.6. The fourth-order valence-corrected chi connectivity index (χ4v) is 4.82. The van der Waals surface area contributed by atoms with Crippen molar-refractivity contribution in [1.82, 2.24) is 5.32 Å². The van der Waals surface area contributed by atoms with E-state index in [1.807, 2.05) is 6.07 Å². The summed E-state index contributed by atoms with van der Waals surface area (Å²) in [6.45, 7) is 2.34. The lowest BCUT2D eigenvalue weighted by Crippen LogP contribution is -2.42. The number of nitrogens with one attached hydrogen (secondary N) is 1. The molecule has 2 aliphatic rings. The predicted molar refractivity (Wildman–Crippen MR) is 117 cm³/mol. The quantitative estimate of drug-likeness (QED) is 0.706. The molecule has 0 aromatic heterocycles. The summed E-state index contributed by atoms with van der Waals surface area (Å²) in [4.78, 5) is 12.8. The molecule has 164 valence electrons. The molecule has 5 heteroatoms. The molecule has 1 amide bonds. The second-order valence-electron chi connectivity index (χ2n) is 9.09. The van der Waals surface area contributed by atoms with Crippen molar-refractivity contribution < 1.29 is 14.3 Å². The van der Waals surface area contributed by atoms with E-state index >= 15 is 0 Å². The molecule has 0 spiro atoms. The number of rotatable bonds is 5. The van der Waals surface area contributed by atoms with Crippen LogP contribution in [0.1, 0.15) is 83.1 Å². The maximum atomic E-state index is 12.8. The topological polar surface area (TPSA) is 71.3 Å². The number of carbonyl (C=O) groups is 1. The van der Waals surface area contributed by atoms with Crippen molar-refractivity contribution in [2.75, 3.05) is 7.11 Å². The Labute approximate surface area is 181 Å². The number of hydrogen-bond donors (Lipinski definition) is 1. The SMILES string of the molecule is COc1cc(OC2CCC(NC(=O)C3CCCCC(C)CCC3)CC2)ccc1C#N. The van der Waals surface area contributed by atoms with Gasteiger partial charge in [0.1, 0.15) is 17.6 Å². The van der Waals surface area contributed by atoms with Gasteiger partial charge >= 0.3 is 0 Å². The van der Waals surface area contributed by atoms with E-state index in [-0.39, 0.29) is 24.0 Å². The average Bonchev–Trinajstić information content (AvgIpc) is 2.87. The molecule has 3 rings (SSSR count). The molecule has 0 aliphatic heterocycles. The molecule has 0 heterocycles. The first-order valence-electron chi connectivity index (χ1n) is 11.6. The highest BCUT2D eigenvalue weighted by Gasteiger charge is 2.27. The van der Waals surface area contributed by atoms with Crippen LogP contribution in [0.15, 0.2) is 18.2 Å². The molecule has 2 aliphatic carbocycles. The molecule has 2 fully saturated rings. The molecular formula is C25H36N2O3. The highest BCUT2D eigenvalue weighted by Crippen LogP contribution is 2.29. The average molecular weight is 413 g/mol. The maximum absolute atomic E-state index is 12.8. The molecule has 1 aromatic carbocycles. The number of nitriles is 1. The monoisotopic (exact) mass is 412 g/mol. The van der Waals surface area contributed by atoms with Gasteiger partial charge in [-0.1, -0.05) is 39.0 Å². The Morgan fingerprint density at radius 1 is 1.03 bits per heavy atom. The molecule has 0 saturated heterocycles. The zero-order valence-corrected chi connectivity index (χ0v) is 18.5. The Morgan fingerprint density at radius 3 is 2.47 bits per heavy atom. The highest BCUT2D eigenvalue weighted by molar-refractivity contribution is 5.78. The van der Waals surface area contributed by atoms with Crippen LogP contribution in [-0.2, 0) is 4.79 Å². The molecule has 30 heavy (non-hydrogen) atoms. The standard InChI is InChI=1S/C25H36N2O3/c1-18-6-3-4-8-19(9-5-7-18)25(28)27-21-11-14-22(15-12-21)30-23-13-10-20(17-26)24(16-23)29-2/h10,13,16,18-19,21-22H,3-9,11-12,14-15H2,1-2H3,(H,27,28). The summed E-state index contributed by atoms with van der Waals surface area (Å²) in [5.41, 5.74) is 0.510. The summed E-state index contributed by atoms with van der Waals surface area (Å²) < 4.78 is 11.4. The van der Waals surface area contributed by atoms with Crippen molar-refractivity contribution in [3.63, 3.8) is 0 Å². The number of ether oxygens (including phenoxy) is 2. The van der Waals surface area contributed by atoms with Gasteiger partial charge in [0, 0.05) is 18.0 Å². The summed E-state index contributed by atoms with van der Waals surface area (Å²) >= 11 is 0. The van der Waals surface area contributed by atoms with Crippen molar-refractivity contribution in [3.8, 4) is 17.6 Å². The lowest BCUT2D eigenvalue weighted by Gasteiger charge is -2.30. The van der Waals surface area contributed by atoms with Gasteiger partial charge in [0.15, 0.2) is 0 Å².